The number of thiocarbonyl (C=S) groups is 1. The first kappa shape index (κ1) is 12.3. The van der Waals surface area contributed by atoms with Crippen LogP contribution in [-0.2, 0) is 0 Å². The fraction of sp³-hybridized carbons (Fsp3) is 0.222. The van der Waals surface area contributed by atoms with E-state index >= 15 is 0 Å². The van der Waals surface area contributed by atoms with Crippen LogP contribution in [0.25, 0.3) is 0 Å². The first-order valence-corrected chi connectivity index (χ1v) is 5.32. The van der Waals surface area contributed by atoms with Gasteiger partial charge in [0.2, 0.25) is 0 Å². The normalized spacial score (nSPS) is 10.4. The largest absolute Gasteiger partial charge is 0.389 e. The van der Waals surface area contributed by atoms with Crippen LogP contribution in [0.1, 0.15) is 5.56 Å². The number of nitrogens with one attached hydrogen (secondary N) is 1. The maximum atomic E-state index is 12.0. The van der Waals surface area contributed by atoms with Gasteiger partial charge in [0.25, 0.3) is 6.43 Å². The van der Waals surface area contributed by atoms with E-state index in [0.717, 1.165) is 4.47 Å². The average Bonchev–Trinajstić information content (AvgIpc) is 2.14. The Morgan fingerprint density at radius 3 is 2.73 bits per heavy atom. The lowest BCUT2D eigenvalue weighted by molar-refractivity contribution is 0.163. The summed E-state index contributed by atoms with van der Waals surface area (Å²) in [5.41, 5.74) is 6.53. The van der Waals surface area contributed by atoms with Crippen LogP contribution in [0.3, 0.4) is 0 Å². The third-order valence-corrected chi connectivity index (χ3v) is 2.41. The molecule has 0 bridgehead atoms. The molecule has 0 unspecified atom stereocenters. The highest BCUT2D eigenvalue weighted by molar-refractivity contribution is 9.10. The molecule has 0 saturated carbocycles. The van der Waals surface area contributed by atoms with Gasteiger partial charge in [-0.2, -0.15) is 0 Å². The summed E-state index contributed by atoms with van der Waals surface area (Å²) < 4.78 is 24.8. The summed E-state index contributed by atoms with van der Waals surface area (Å²) in [6, 6.07) is 5.10. The molecule has 0 radical (unpaired) electrons. The molecule has 1 aromatic carbocycles. The highest BCUT2D eigenvalue weighted by atomic mass is 79.9. The van der Waals surface area contributed by atoms with Crippen molar-refractivity contribution in [1.29, 1.82) is 0 Å². The second kappa shape index (κ2) is 5.37. The molecule has 0 spiro atoms. The number of rotatable bonds is 4. The predicted octanol–water partition coefficient (Wildman–Crippen LogP) is 2.76. The summed E-state index contributed by atoms with van der Waals surface area (Å²) in [6.07, 6.45) is -2.41. The number of hydrogen-bond acceptors (Lipinski definition) is 2. The lowest BCUT2D eigenvalue weighted by atomic mass is 10.2. The van der Waals surface area contributed by atoms with Gasteiger partial charge in [-0.25, -0.2) is 8.78 Å². The van der Waals surface area contributed by atoms with Gasteiger partial charge in [-0.3, -0.25) is 0 Å². The van der Waals surface area contributed by atoms with Crippen LogP contribution in [0.4, 0.5) is 14.5 Å². The molecule has 3 N–H and O–H groups in total. The van der Waals surface area contributed by atoms with Gasteiger partial charge in [-0.05, 0) is 18.2 Å². The molecule has 0 amide bonds. The molecule has 2 nitrogen and oxygen atoms in total. The molecule has 0 saturated heterocycles. The summed E-state index contributed by atoms with van der Waals surface area (Å²) in [7, 11) is 0. The van der Waals surface area contributed by atoms with E-state index in [4.69, 9.17) is 18.0 Å². The summed E-state index contributed by atoms with van der Waals surface area (Å²) in [5, 5.41) is 2.59. The van der Waals surface area contributed by atoms with Crippen molar-refractivity contribution in [1.82, 2.24) is 0 Å². The van der Waals surface area contributed by atoms with E-state index in [9.17, 15) is 8.78 Å². The molecular formula is C9H9BrF2N2S. The summed E-state index contributed by atoms with van der Waals surface area (Å²) in [6.45, 7) is -0.425. The van der Waals surface area contributed by atoms with E-state index in [2.05, 4.69) is 21.2 Å². The molecule has 0 atom stereocenters. The maximum Gasteiger partial charge on any atom is 0.255 e. The van der Waals surface area contributed by atoms with Gasteiger partial charge in [0.15, 0.2) is 0 Å². The van der Waals surface area contributed by atoms with Gasteiger partial charge in [0.05, 0.1) is 6.54 Å². The Labute approximate surface area is 100.0 Å². The van der Waals surface area contributed by atoms with Crippen LogP contribution >= 0.6 is 28.1 Å². The van der Waals surface area contributed by atoms with Crippen LogP contribution in [0, 0.1) is 0 Å². The van der Waals surface area contributed by atoms with Crippen LogP contribution in [-0.4, -0.2) is 18.0 Å². The van der Waals surface area contributed by atoms with Gasteiger partial charge in [0.1, 0.15) is 4.99 Å². The Morgan fingerprint density at radius 2 is 2.20 bits per heavy atom. The van der Waals surface area contributed by atoms with Crippen molar-refractivity contribution >= 4 is 38.8 Å². The molecule has 0 aliphatic rings. The fourth-order valence-corrected chi connectivity index (χ4v) is 1.60. The van der Waals surface area contributed by atoms with E-state index in [1.165, 1.54) is 0 Å². The molecule has 6 heteroatoms. The average molecular weight is 295 g/mol. The number of alkyl halides is 2. The highest BCUT2D eigenvalue weighted by Crippen LogP contribution is 2.21. The molecule has 0 fully saturated rings. The number of benzene rings is 1. The minimum absolute atomic E-state index is 0.180. The van der Waals surface area contributed by atoms with Gasteiger partial charge in [0, 0.05) is 15.7 Å². The SMILES string of the molecule is NC(=S)c1ccc(Br)cc1NCC(F)F. The zero-order chi connectivity index (χ0) is 11.4. The molecule has 0 heterocycles. The van der Waals surface area contributed by atoms with Crippen LogP contribution in [0.2, 0.25) is 0 Å². The number of halogens is 3. The number of nitrogens with two attached hydrogens (primary N) is 1. The predicted molar refractivity (Wildman–Crippen MR) is 64.5 cm³/mol. The Balaban J connectivity index is 2.92. The smallest absolute Gasteiger partial charge is 0.255 e. The monoisotopic (exact) mass is 294 g/mol. The number of hydrogen-bond donors (Lipinski definition) is 2. The quantitative estimate of drug-likeness (QED) is 0.839. The van der Waals surface area contributed by atoms with Gasteiger partial charge < -0.3 is 11.1 Å². The molecule has 1 rings (SSSR count). The third kappa shape index (κ3) is 3.71. The van der Waals surface area contributed by atoms with E-state index in [1.54, 1.807) is 18.2 Å². The third-order valence-electron chi connectivity index (χ3n) is 1.69. The Morgan fingerprint density at radius 1 is 1.53 bits per heavy atom. The second-order valence-corrected chi connectivity index (χ2v) is 4.18. The number of anilines is 1. The first-order valence-electron chi connectivity index (χ1n) is 4.12. The highest BCUT2D eigenvalue weighted by Gasteiger charge is 2.08. The summed E-state index contributed by atoms with van der Waals surface area (Å²) in [4.78, 5) is 0.180. The molecule has 0 aromatic heterocycles. The van der Waals surface area contributed by atoms with Gasteiger partial charge in [-0.1, -0.05) is 28.1 Å². The van der Waals surface area contributed by atoms with Crippen LogP contribution in [0.5, 0.6) is 0 Å². The molecule has 82 valence electrons. The van der Waals surface area contributed by atoms with E-state index < -0.39 is 13.0 Å². The van der Waals surface area contributed by atoms with Crippen molar-refractivity contribution in [3.05, 3.63) is 28.2 Å². The van der Waals surface area contributed by atoms with E-state index in [0.29, 0.717) is 11.3 Å². The Hall–Kier alpha value is -0.750. The minimum Gasteiger partial charge on any atom is -0.389 e. The van der Waals surface area contributed by atoms with Gasteiger partial charge >= 0.3 is 0 Å². The summed E-state index contributed by atoms with van der Waals surface area (Å²) >= 11 is 8.05. The lowest BCUT2D eigenvalue weighted by Crippen LogP contribution is -2.16. The van der Waals surface area contributed by atoms with Crippen molar-refractivity contribution in [3.8, 4) is 0 Å². The Kier molecular flexibility index (Phi) is 4.41. The van der Waals surface area contributed by atoms with Crippen molar-refractivity contribution in [2.75, 3.05) is 11.9 Å². The van der Waals surface area contributed by atoms with Gasteiger partial charge in [-0.15, -0.1) is 0 Å². The zero-order valence-electron chi connectivity index (χ0n) is 7.64. The van der Waals surface area contributed by atoms with Crippen LogP contribution in [0.15, 0.2) is 22.7 Å². The standard InChI is InChI=1S/C9H9BrF2N2S/c10-5-1-2-6(9(13)15)7(3-5)14-4-8(11)12/h1-3,8,14H,4H2,(H2,13,15). The van der Waals surface area contributed by atoms with Crippen molar-refractivity contribution in [2.45, 2.75) is 6.43 Å². The molecule has 1 aromatic rings. The molecule has 15 heavy (non-hydrogen) atoms. The van der Waals surface area contributed by atoms with Crippen molar-refractivity contribution in [2.24, 2.45) is 5.73 Å². The van der Waals surface area contributed by atoms with Crippen LogP contribution < -0.4 is 11.1 Å². The first-order chi connectivity index (χ1) is 7.00. The Bertz CT molecular complexity index is 371. The topological polar surface area (TPSA) is 38.0 Å². The molecule has 0 aliphatic carbocycles. The lowest BCUT2D eigenvalue weighted by Gasteiger charge is -2.11. The fourth-order valence-electron chi connectivity index (χ4n) is 1.06. The summed E-state index contributed by atoms with van der Waals surface area (Å²) in [5.74, 6) is 0. The zero-order valence-corrected chi connectivity index (χ0v) is 10.0. The second-order valence-electron chi connectivity index (χ2n) is 2.83. The minimum atomic E-state index is -2.41. The van der Waals surface area contributed by atoms with E-state index in [1.807, 2.05) is 0 Å². The maximum absolute atomic E-state index is 12.0. The van der Waals surface area contributed by atoms with Crippen molar-refractivity contribution < 1.29 is 8.78 Å². The van der Waals surface area contributed by atoms with Crippen molar-refractivity contribution in [3.63, 3.8) is 0 Å². The molecular weight excluding hydrogens is 286 g/mol. The molecule has 0 aliphatic heterocycles. The van der Waals surface area contributed by atoms with E-state index in [-0.39, 0.29) is 4.99 Å².